The van der Waals surface area contributed by atoms with E-state index >= 15 is 0 Å². The Labute approximate surface area is 227 Å². The second-order valence-corrected chi connectivity index (χ2v) is 8.98. The van der Waals surface area contributed by atoms with Gasteiger partial charge >= 0.3 is 0 Å². The molecule has 0 heterocycles. The number of hydrogen-bond acceptors (Lipinski definition) is 5. The van der Waals surface area contributed by atoms with E-state index in [-0.39, 0.29) is 11.6 Å². The molecule has 0 aromatic heterocycles. The fraction of sp³-hybridized carbons (Fsp3) is 0.0588. The highest BCUT2D eigenvalue weighted by atomic mass is 16.5. The molecule has 0 fully saturated rings. The highest BCUT2D eigenvalue weighted by molar-refractivity contribution is 6.09. The van der Waals surface area contributed by atoms with Crippen LogP contribution in [0.25, 0.3) is 0 Å². The first-order valence-electron chi connectivity index (χ1n) is 12.4. The van der Waals surface area contributed by atoms with Gasteiger partial charge in [0.25, 0.3) is 0 Å². The molecule has 192 valence electrons. The summed E-state index contributed by atoms with van der Waals surface area (Å²) in [5, 5.41) is 0. The van der Waals surface area contributed by atoms with E-state index in [2.05, 4.69) is 0 Å². The molecule has 5 nitrogen and oxygen atoms in total. The van der Waals surface area contributed by atoms with Crippen molar-refractivity contribution in [1.82, 2.24) is 0 Å². The molecule has 0 amide bonds. The van der Waals surface area contributed by atoms with Gasteiger partial charge in [-0.1, -0.05) is 35.9 Å². The Morgan fingerprint density at radius 1 is 0.462 bits per heavy atom. The summed E-state index contributed by atoms with van der Waals surface area (Å²) in [5.74, 6) is 2.97. The number of ketones is 2. The Morgan fingerprint density at radius 3 is 1.21 bits per heavy atom. The molecule has 5 aromatic rings. The second-order valence-electron chi connectivity index (χ2n) is 8.98. The van der Waals surface area contributed by atoms with Crippen LogP contribution in [0.3, 0.4) is 0 Å². The second kappa shape index (κ2) is 11.5. The number of carbonyl (C=O) groups is 2. The molecule has 0 aliphatic heterocycles. The lowest BCUT2D eigenvalue weighted by molar-refractivity contribution is 0.103. The Balaban J connectivity index is 1.22. The van der Waals surface area contributed by atoms with Crippen molar-refractivity contribution in [1.29, 1.82) is 0 Å². The molecule has 5 aromatic carbocycles. The molecule has 5 rings (SSSR count). The SMILES string of the molecule is COc1ccc(C(=O)c2ccc(Oc3cccc(Oc4ccc(C(=O)c5ccc(C)cc5)cc4)c3)cc2)cc1. The van der Waals surface area contributed by atoms with Crippen LogP contribution in [0.1, 0.15) is 37.4 Å². The van der Waals surface area contributed by atoms with E-state index in [9.17, 15) is 9.59 Å². The molecule has 0 unspecified atom stereocenters. The molecule has 0 N–H and O–H groups in total. The zero-order chi connectivity index (χ0) is 27.2. The van der Waals surface area contributed by atoms with Gasteiger partial charge in [0.05, 0.1) is 7.11 Å². The van der Waals surface area contributed by atoms with Crippen LogP contribution in [0.4, 0.5) is 0 Å². The van der Waals surface area contributed by atoms with Gasteiger partial charge in [-0.2, -0.15) is 0 Å². The van der Waals surface area contributed by atoms with Crippen molar-refractivity contribution in [3.63, 3.8) is 0 Å². The van der Waals surface area contributed by atoms with Crippen molar-refractivity contribution in [3.8, 4) is 28.7 Å². The van der Waals surface area contributed by atoms with Gasteiger partial charge in [-0.3, -0.25) is 9.59 Å². The summed E-state index contributed by atoms with van der Waals surface area (Å²) in [6.45, 7) is 1.99. The molecule has 39 heavy (non-hydrogen) atoms. The van der Waals surface area contributed by atoms with Crippen molar-refractivity contribution in [3.05, 3.63) is 149 Å². The summed E-state index contributed by atoms with van der Waals surface area (Å²) in [6.07, 6.45) is 0. The highest BCUT2D eigenvalue weighted by Gasteiger charge is 2.11. The molecule has 0 atom stereocenters. The molecule has 0 spiro atoms. The minimum atomic E-state index is -0.0776. The van der Waals surface area contributed by atoms with Gasteiger partial charge in [0.2, 0.25) is 0 Å². The van der Waals surface area contributed by atoms with Crippen LogP contribution in [0.15, 0.2) is 121 Å². The lowest BCUT2D eigenvalue weighted by Gasteiger charge is -2.10. The Morgan fingerprint density at radius 2 is 0.821 bits per heavy atom. The predicted molar refractivity (Wildman–Crippen MR) is 151 cm³/mol. The van der Waals surface area contributed by atoms with Gasteiger partial charge in [-0.05, 0) is 91.9 Å². The number of aryl methyl sites for hydroxylation is 1. The van der Waals surface area contributed by atoms with Crippen molar-refractivity contribution in [2.45, 2.75) is 6.92 Å². The Kier molecular flexibility index (Phi) is 7.51. The fourth-order valence-electron chi connectivity index (χ4n) is 4.00. The third kappa shape index (κ3) is 6.22. The largest absolute Gasteiger partial charge is 0.497 e. The van der Waals surface area contributed by atoms with E-state index in [1.54, 1.807) is 86.0 Å². The van der Waals surface area contributed by atoms with Crippen molar-refractivity contribution in [2.24, 2.45) is 0 Å². The summed E-state index contributed by atoms with van der Waals surface area (Å²) in [7, 11) is 1.59. The molecule has 0 bridgehead atoms. The summed E-state index contributed by atoms with van der Waals surface area (Å²) in [5.41, 5.74) is 3.50. The lowest BCUT2D eigenvalue weighted by atomic mass is 10.0. The van der Waals surface area contributed by atoms with Gasteiger partial charge < -0.3 is 14.2 Å². The zero-order valence-electron chi connectivity index (χ0n) is 21.6. The Bertz CT molecular complexity index is 1580. The minimum Gasteiger partial charge on any atom is -0.497 e. The van der Waals surface area contributed by atoms with E-state index in [1.807, 2.05) is 49.4 Å². The van der Waals surface area contributed by atoms with E-state index in [1.165, 1.54) is 0 Å². The summed E-state index contributed by atoms with van der Waals surface area (Å²) in [4.78, 5) is 25.5. The van der Waals surface area contributed by atoms with Crippen LogP contribution in [-0.4, -0.2) is 18.7 Å². The van der Waals surface area contributed by atoms with Gasteiger partial charge in [0, 0.05) is 28.3 Å². The first-order chi connectivity index (χ1) is 19.0. The zero-order valence-corrected chi connectivity index (χ0v) is 21.6. The topological polar surface area (TPSA) is 61.8 Å². The normalized spacial score (nSPS) is 10.5. The lowest BCUT2D eigenvalue weighted by Crippen LogP contribution is -2.01. The van der Waals surface area contributed by atoms with Crippen LogP contribution in [-0.2, 0) is 0 Å². The summed E-state index contributed by atoms with van der Waals surface area (Å²) < 4.78 is 17.1. The van der Waals surface area contributed by atoms with Gasteiger partial charge in [0.1, 0.15) is 28.7 Å². The van der Waals surface area contributed by atoms with Crippen LogP contribution >= 0.6 is 0 Å². The average Bonchev–Trinajstić information content (AvgIpc) is 2.98. The van der Waals surface area contributed by atoms with Crippen LogP contribution < -0.4 is 14.2 Å². The first kappa shape index (κ1) is 25.5. The molecular formula is C34H26O5. The molecule has 0 saturated heterocycles. The summed E-state index contributed by atoms with van der Waals surface area (Å²) >= 11 is 0. The van der Waals surface area contributed by atoms with Crippen LogP contribution in [0, 0.1) is 6.92 Å². The molecule has 0 aliphatic carbocycles. The number of rotatable bonds is 9. The number of carbonyl (C=O) groups excluding carboxylic acids is 2. The van der Waals surface area contributed by atoms with E-state index < -0.39 is 0 Å². The number of benzene rings is 5. The Hall–Kier alpha value is -5.16. The maximum Gasteiger partial charge on any atom is 0.193 e. The minimum absolute atomic E-state index is 0.0336. The molecular weight excluding hydrogens is 488 g/mol. The average molecular weight is 515 g/mol. The maximum atomic E-state index is 12.8. The standard InChI is InChI=1S/C34H26O5/c1-23-6-8-24(9-7-23)33(35)26-12-18-29(19-13-26)38-31-4-3-5-32(22-31)39-30-20-14-27(15-21-30)34(36)25-10-16-28(37-2)17-11-25/h3-22H,1-2H3. The van der Waals surface area contributed by atoms with Crippen molar-refractivity contribution < 1.29 is 23.8 Å². The maximum absolute atomic E-state index is 12.8. The van der Waals surface area contributed by atoms with Gasteiger partial charge in [-0.25, -0.2) is 0 Å². The monoisotopic (exact) mass is 514 g/mol. The fourth-order valence-corrected chi connectivity index (χ4v) is 4.00. The number of hydrogen-bond donors (Lipinski definition) is 0. The highest BCUT2D eigenvalue weighted by Crippen LogP contribution is 2.29. The molecule has 0 radical (unpaired) electrons. The third-order valence-corrected chi connectivity index (χ3v) is 6.18. The predicted octanol–water partition coefficient (Wildman–Crippen LogP) is 8.05. The third-order valence-electron chi connectivity index (χ3n) is 6.18. The van der Waals surface area contributed by atoms with E-state index in [4.69, 9.17) is 14.2 Å². The summed E-state index contributed by atoms with van der Waals surface area (Å²) in [6, 6.07) is 35.8. The van der Waals surface area contributed by atoms with Crippen molar-refractivity contribution >= 4 is 11.6 Å². The van der Waals surface area contributed by atoms with E-state index in [0.29, 0.717) is 51.0 Å². The van der Waals surface area contributed by atoms with Gasteiger partial charge in [0.15, 0.2) is 11.6 Å². The molecule has 0 aliphatic rings. The van der Waals surface area contributed by atoms with E-state index in [0.717, 1.165) is 5.56 Å². The quantitative estimate of drug-likeness (QED) is 0.186. The first-order valence-corrected chi connectivity index (χ1v) is 12.4. The smallest absolute Gasteiger partial charge is 0.193 e. The van der Waals surface area contributed by atoms with Crippen LogP contribution in [0.2, 0.25) is 0 Å². The van der Waals surface area contributed by atoms with Crippen LogP contribution in [0.5, 0.6) is 28.7 Å². The number of ether oxygens (including phenoxy) is 3. The molecule has 5 heteroatoms. The van der Waals surface area contributed by atoms with Gasteiger partial charge in [-0.15, -0.1) is 0 Å². The molecule has 0 saturated carbocycles. The number of methoxy groups -OCH3 is 1. The van der Waals surface area contributed by atoms with Crippen molar-refractivity contribution in [2.75, 3.05) is 7.11 Å².